The molecule has 1 fully saturated rings. The van der Waals surface area contributed by atoms with Crippen molar-refractivity contribution in [3.05, 3.63) is 36.0 Å². The molecular formula is C15H16N2O4. The van der Waals surface area contributed by atoms with E-state index in [9.17, 15) is 9.59 Å². The quantitative estimate of drug-likeness (QED) is 0.896. The Balaban J connectivity index is 1.81. The number of carbonyl (C=O) groups is 2. The van der Waals surface area contributed by atoms with E-state index in [1.807, 2.05) is 18.2 Å². The Morgan fingerprint density at radius 2 is 2.24 bits per heavy atom. The molecule has 21 heavy (non-hydrogen) atoms. The number of hydrogen-bond donors (Lipinski definition) is 2. The average Bonchev–Trinajstić information content (AvgIpc) is 2.94. The second-order valence-electron chi connectivity index (χ2n) is 5.09. The smallest absolute Gasteiger partial charge is 0.306 e. The first kappa shape index (κ1) is 13.6. The van der Waals surface area contributed by atoms with Crippen LogP contribution in [-0.2, 0) is 9.53 Å². The monoisotopic (exact) mass is 288 g/mol. The van der Waals surface area contributed by atoms with Crippen LogP contribution in [0.4, 0.5) is 0 Å². The summed E-state index contributed by atoms with van der Waals surface area (Å²) in [7, 11) is 0. The lowest BCUT2D eigenvalue weighted by Gasteiger charge is -2.32. The zero-order valence-corrected chi connectivity index (χ0v) is 11.4. The minimum Gasteiger partial charge on any atom is -0.481 e. The summed E-state index contributed by atoms with van der Waals surface area (Å²) in [6.07, 6.45) is 1.27. The standard InChI is InChI=1S/C15H16N2O4/c18-13(19)8-11-9-17(6-7-21-11)15(20)12-3-1-2-10-4-5-16-14(10)12/h1-5,11,16H,6-9H2,(H,18,19)/t11-/m1/s1. The minimum absolute atomic E-state index is 0.0868. The number of aromatic nitrogens is 1. The zero-order valence-electron chi connectivity index (χ0n) is 11.4. The van der Waals surface area contributed by atoms with Gasteiger partial charge in [0.05, 0.1) is 30.2 Å². The normalized spacial score (nSPS) is 18.9. The maximum absolute atomic E-state index is 12.6. The molecule has 2 heterocycles. The molecule has 0 spiro atoms. The number of carboxylic acid groups (broad SMARTS) is 1. The molecule has 110 valence electrons. The van der Waals surface area contributed by atoms with E-state index in [1.54, 1.807) is 17.2 Å². The lowest BCUT2D eigenvalue weighted by molar-refractivity contribution is -0.141. The SMILES string of the molecule is O=C(O)C[C@@H]1CN(C(=O)c2cccc3cc[nH]c23)CCO1. The number of aliphatic carboxylic acids is 1. The number of para-hydroxylation sites is 1. The molecule has 1 aliphatic rings. The van der Waals surface area contributed by atoms with Crippen LogP contribution in [0, 0.1) is 0 Å². The second-order valence-corrected chi connectivity index (χ2v) is 5.09. The highest BCUT2D eigenvalue weighted by Crippen LogP contribution is 2.20. The van der Waals surface area contributed by atoms with Gasteiger partial charge in [-0.25, -0.2) is 0 Å². The summed E-state index contributed by atoms with van der Waals surface area (Å²) >= 11 is 0. The third kappa shape index (κ3) is 2.75. The molecule has 2 N–H and O–H groups in total. The highest BCUT2D eigenvalue weighted by molar-refractivity contribution is 6.05. The summed E-state index contributed by atoms with van der Waals surface area (Å²) in [6.45, 7) is 1.15. The van der Waals surface area contributed by atoms with Crippen LogP contribution in [0.25, 0.3) is 10.9 Å². The minimum atomic E-state index is -0.916. The predicted octanol–water partition coefficient (Wildman–Crippen LogP) is 1.48. The molecule has 1 atom stereocenters. The molecule has 1 aromatic carbocycles. The van der Waals surface area contributed by atoms with E-state index in [-0.39, 0.29) is 12.3 Å². The summed E-state index contributed by atoms with van der Waals surface area (Å²) in [5.74, 6) is -1.01. The van der Waals surface area contributed by atoms with E-state index < -0.39 is 12.1 Å². The Labute approximate surface area is 121 Å². The lowest BCUT2D eigenvalue weighted by atomic mass is 10.1. The zero-order chi connectivity index (χ0) is 14.8. The maximum Gasteiger partial charge on any atom is 0.306 e. The first-order chi connectivity index (χ1) is 10.1. The highest BCUT2D eigenvalue weighted by atomic mass is 16.5. The van der Waals surface area contributed by atoms with E-state index >= 15 is 0 Å². The topological polar surface area (TPSA) is 82.6 Å². The Morgan fingerprint density at radius 3 is 3.05 bits per heavy atom. The second kappa shape index (κ2) is 5.57. The van der Waals surface area contributed by atoms with E-state index in [4.69, 9.17) is 9.84 Å². The molecule has 1 amide bonds. The number of nitrogens with one attached hydrogen (secondary N) is 1. The Hall–Kier alpha value is -2.34. The van der Waals surface area contributed by atoms with Gasteiger partial charge in [-0.2, -0.15) is 0 Å². The number of ether oxygens (including phenoxy) is 1. The van der Waals surface area contributed by atoms with E-state index in [1.165, 1.54) is 0 Å². The van der Waals surface area contributed by atoms with Crippen LogP contribution in [0.3, 0.4) is 0 Å². The van der Waals surface area contributed by atoms with Gasteiger partial charge in [-0.15, -0.1) is 0 Å². The molecule has 1 aliphatic heterocycles. The van der Waals surface area contributed by atoms with Gasteiger partial charge in [-0.3, -0.25) is 9.59 Å². The number of carboxylic acids is 1. The molecule has 2 aromatic rings. The first-order valence-corrected chi connectivity index (χ1v) is 6.84. The van der Waals surface area contributed by atoms with Crippen molar-refractivity contribution in [1.29, 1.82) is 0 Å². The molecule has 3 rings (SSSR count). The van der Waals surface area contributed by atoms with Crippen molar-refractivity contribution < 1.29 is 19.4 Å². The van der Waals surface area contributed by atoms with Crippen LogP contribution < -0.4 is 0 Å². The van der Waals surface area contributed by atoms with Gasteiger partial charge in [0.2, 0.25) is 0 Å². The van der Waals surface area contributed by atoms with Crippen molar-refractivity contribution in [2.24, 2.45) is 0 Å². The fourth-order valence-corrected chi connectivity index (χ4v) is 2.66. The highest BCUT2D eigenvalue weighted by Gasteiger charge is 2.27. The summed E-state index contributed by atoms with van der Waals surface area (Å²) in [5, 5.41) is 9.82. The number of amides is 1. The fraction of sp³-hybridized carbons (Fsp3) is 0.333. The number of benzene rings is 1. The molecule has 1 aromatic heterocycles. The Kier molecular flexibility index (Phi) is 3.62. The molecule has 6 nitrogen and oxygen atoms in total. The van der Waals surface area contributed by atoms with Crippen LogP contribution in [0.1, 0.15) is 16.8 Å². The summed E-state index contributed by atoms with van der Waals surface area (Å²) in [5.41, 5.74) is 1.41. The van der Waals surface area contributed by atoms with Crippen molar-refractivity contribution >= 4 is 22.8 Å². The number of morpholine rings is 1. The molecule has 0 aliphatic carbocycles. The summed E-state index contributed by atoms with van der Waals surface area (Å²) < 4.78 is 5.39. The van der Waals surface area contributed by atoms with Gasteiger partial charge < -0.3 is 19.7 Å². The van der Waals surface area contributed by atoms with Crippen LogP contribution in [-0.4, -0.2) is 52.7 Å². The van der Waals surface area contributed by atoms with Gasteiger partial charge in [0, 0.05) is 24.7 Å². The molecule has 0 radical (unpaired) electrons. The van der Waals surface area contributed by atoms with E-state index in [0.29, 0.717) is 25.3 Å². The van der Waals surface area contributed by atoms with Gasteiger partial charge in [0.15, 0.2) is 0 Å². The third-order valence-electron chi connectivity index (χ3n) is 3.65. The van der Waals surface area contributed by atoms with Gasteiger partial charge in [0.25, 0.3) is 5.91 Å². The number of carbonyl (C=O) groups excluding carboxylic acids is 1. The number of H-pyrrole nitrogens is 1. The number of rotatable bonds is 3. The average molecular weight is 288 g/mol. The molecular weight excluding hydrogens is 272 g/mol. The van der Waals surface area contributed by atoms with Gasteiger partial charge in [-0.05, 0) is 12.1 Å². The number of fused-ring (bicyclic) bond motifs is 1. The van der Waals surface area contributed by atoms with Crippen LogP contribution in [0.5, 0.6) is 0 Å². The van der Waals surface area contributed by atoms with Crippen LogP contribution in [0.15, 0.2) is 30.5 Å². The maximum atomic E-state index is 12.6. The van der Waals surface area contributed by atoms with Crippen LogP contribution in [0.2, 0.25) is 0 Å². The van der Waals surface area contributed by atoms with Crippen molar-refractivity contribution in [3.63, 3.8) is 0 Å². The number of hydrogen-bond acceptors (Lipinski definition) is 3. The largest absolute Gasteiger partial charge is 0.481 e. The molecule has 0 saturated carbocycles. The van der Waals surface area contributed by atoms with Crippen LogP contribution >= 0.6 is 0 Å². The van der Waals surface area contributed by atoms with Gasteiger partial charge in [-0.1, -0.05) is 12.1 Å². The third-order valence-corrected chi connectivity index (χ3v) is 3.65. The number of aromatic amines is 1. The predicted molar refractivity (Wildman–Crippen MR) is 76.2 cm³/mol. The van der Waals surface area contributed by atoms with E-state index in [0.717, 1.165) is 10.9 Å². The lowest BCUT2D eigenvalue weighted by Crippen LogP contribution is -2.46. The molecule has 6 heteroatoms. The molecule has 1 saturated heterocycles. The molecule has 0 unspecified atom stereocenters. The van der Waals surface area contributed by atoms with Gasteiger partial charge >= 0.3 is 5.97 Å². The van der Waals surface area contributed by atoms with E-state index in [2.05, 4.69) is 4.98 Å². The molecule has 0 bridgehead atoms. The van der Waals surface area contributed by atoms with Crippen molar-refractivity contribution in [1.82, 2.24) is 9.88 Å². The first-order valence-electron chi connectivity index (χ1n) is 6.84. The van der Waals surface area contributed by atoms with Crippen molar-refractivity contribution in [2.45, 2.75) is 12.5 Å². The fourth-order valence-electron chi connectivity index (χ4n) is 2.66. The number of nitrogens with zero attached hydrogens (tertiary/aromatic N) is 1. The van der Waals surface area contributed by atoms with Gasteiger partial charge in [0.1, 0.15) is 0 Å². The Morgan fingerprint density at radius 1 is 1.38 bits per heavy atom. The summed E-state index contributed by atoms with van der Waals surface area (Å²) in [6, 6.07) is 7.48. The summed E-state index contributed by atoms with van der Waals surface area (Å²) in [4.78, 5) is 28.1. The Bertz CT molecular complexity index is 679. The van der Waals surface area contributed by atoms with Crippen molar-refractivity contribution in [2.75, 3.05) is 19.7 Å². The van der Waals surface area contributed by atoms with Crippen molar-refractivity contribution in [3.8, 4) is 0 Å².